The van der Waals surface area contributed by atoms with E-state index in [0.717, 1.165) is 37.6 Å². The number of thiazole rings is 1. The van der Waals surface area contributed by atoms with Crippen molar-refractivity contribution < 1.29 is 4.79 Å². The first-order chi connectivity index (χ1) is 14.8. The van der Waals surface area contributed by atoms with Crippen LogP contribution in [0.5, 0.6) is 0 Å². The molecule has 0 aliphatic heterocycles. The van der Waals surface area contributed by atoms with Gasteiger partial charge in [-0.05, 0) is 80.1 Å². The fourth-order valence-electron chi connectivity index (χ4n) is 4.15. The number of carbonyl (C=O) groups is 1. The van der Waals surface area contributed by atoms with Crippen LogP contribution in [0.1, 0.15) is 38.9 Å². The highest BCUT2D eigenvalue weighted by molar-refractivity contribution is 7.22. The number of rotatable bonds is 5. The molecule has 0 fully saturated rings. The SMILES string of the molecule is Cc1cc(C)c(CC(=O)N(Cc2cccnc2)c2nc3cc(C)cc(C)c3s2)c(C)c1. The molecule has 158 valence electrons. The molecule has 0 aliphatic rings. The van der Waals surface area contributed by atoms with E-state index < -0.39 is 0 Å². The van der Waals surface area contributed by atoms with Crippen molar-refractivity contribution in [2.45, 2.75) is 47.6 Å². The van der Waals surface area contributed by atoms with Crippen LogP contribution in [0.15, 0.2) is 48.8 Å². The van der Waals surface area contributed by atoms with Crippen LogP contribution in [0.2, 0.25) is 0 Å². The number of pyridine rings is 1. The molecule has 2 aromatic carbocycles. The summed E-state index contributed by atoms with van der Waals surface area (Å²) in [5, 5.41) is 0.736. The van der Waals surface area contributed by atoms with Crippen molar-refractivity contribution in [1.82, 2.24) is 9.97 Å². The summed E-state index contributed by atoms with van der Waals surface area (Å²) in [6, 6.07) is 12.4. The maximum atomic E-state index is 13.6. The first kappa shape index (κ1) is 21.2. The largest absolute Gasteiger partial charge is 0.283 e. The number of aryl methyl sites for hydroxylation is 5. The zero-order valence-electron chi connectivity index (χ0n) is 18.7. The third-order valence-electron chi connectivity index (χ3n) is 5.57. The van der Waals surface area contributed by atoms with Gasteiger partial charge in [0.25, 0.3) is 0 Å². The molecule has 0 saturated heterocycles. The van der Waals surface area contributed by atoms with Crippen LogP contribution >= 0.6 is 11.3 Å². The molecule has 0 radical (unpaired) electrons. The second kappa shape index (κ2) is 8.60. The Bertz CT molecular complexity index is 1240. The molecule has 0 aliphatic carbocycles. The van der Waals surface area contributed by atoms with Gasteiger partial charge in [-0.1, -0.05) is 41.2 Å². The van der Waals surface area contributed by atoms with Crippen molar-refractivity contribution in [3.05, 3.63) is 87.7 Å². The number of fused-ring (bicyclic) bond motifs is 1. The molecule has 0 spiro atoms. The lowest BCUT2D eigenvalue weighted by atomic mass is 9.97. The molecule has 0 unspecified atom stereocenters. The summed E-state index contributed by atoms with van der Waals surface area (Å²) < 4.78 is 1.13. The van der Waals surface area contributed by atoms with Gasteiger partial charge in [-0.3, -0.25) is 14.7 Å². The Hall–Kier alpha value is -3.05. The zero-order valence-corrected chi connectivity index (χ0v) is 19.5. The van der Waals surface area contributed by atoms with Crippen molar-refractivity contribution >= 4 is 32.6 Å². The van der Waals surface area contributed by atoms with Crippen molar-refractivity contribution in [3.63, 3.8) is 0 Å². The van der Waals surface area contributed by atoms with Gasteiger partial charge in [-0.15, -0.1) is 0 Å². The van der Waals surface area contributed by atoms with Crippen LogP contribution in [0.4, 0.5) is 5.13 Å². The molecule has 5 heteroatoms. The minimum atomic E-state index is 0.0485. The third kappa shape index (κ3) is 4.52. The Labute approximate surface area is 187 Å². The number of hydrogen-bond donors (Lipinski definition) is 0. The second-order valence-corrected chi connectivity index (χ2v) is 9.30. The van der Waals surface area contributed by atoms with E-state index in [9.17, 15) is 4.79 Å². The smallest absolute Gasteiger partial charge is 0.233 e. The Morgan fingerprint density at radius 1 is 0.968 bits per heavy atom. The van der Waals surface area contributed by atoms with Gasteiger partial charge in [0.05, 0.1) is 23.2 Å². The van der Waals surface area contributed by atoms with Crippen molar-refractivity contribution in [2.24, 2.45) is 0 Å². The van der Waals surface area contributed by atoms with Crippen LogP contribution in [0, 0.1) is 34.6 Å². The third-order valence-corrected chi connectivity index (χ3v) is 6.80. The van der Waals surface area contributed by atoms with Crippen molar-refractivity contribution in [3.8, 4) is 0 Å². The average Bonchev–Trinajstić information content (AvgIpc) is 3.13. The van der Waals surface area contributed by atoms with Crippen LogP contribution in [-0.2, 0) is 17.8 Å². The minimum Gasteiger partial charge on any atom is -0.283 e. The number of amides is 1. The Morgan fingerprint density at radius 3 is 2.32 bits per heavy atom. The average molecular weight is 430 g/mol. The normalized spacial score (nSPS) is 11.1. The predicted octanol–water partition coefficient (Wildman–Crippen LogP) is 6.01. The molecule has 4 nitrogen and oxygen atoms in total. The van der Waals surface area contributed by atoms with Gasteiger partial charge in [0.15, 0.2) is 5.13 Å². The first-order valence-corrected chi connectivity index (χ1v) is 11.3. The highest BCUT2D eigenvalue weighted by atomic mass is 32.1. The molecule has 0 atom stereocenters. The molecule has 4 rings (SSSR count). The number of aromatic nitrogens is 2. The van der Waals surface area contributed by atoms with Gasteiger partial charge < -0.3 is 0 Å². The fraction of sp³-hybridized carbons (Fsp3) is 0.269. The summed E-state index contributed by atoms with van der Waals surface area (Å²) in [6.45, 7) is 10.9. The van der Waals surface area contributed by atoms with E-state index in [1.54, 1.807) is 17.5 Å². The quantitative estimate of drug-likeness (QED) is 0.390. The monoisotopic (exact) mass is 429 g/mol. The Morgan fingerprint density at radius 2 is 1.65 bits per heavy atom. The van der Waals surface area contributed by atoms with E-state index >= 15 is 0 Å². The summed E-state index contributed by atoms with van der Waals surface area (Å²) in [5.74, 6) is 0.0485. The molecular formula is C26H27N3OS. The molecule has 0 N–H and O–H groups in total. The lowest BCUT2D eigenvalue weighted by Gasteiger charge is -2.21. The van der Waals surface area contributed by atoms with Gasteiger partial charge in [0, 0.05) is 12.4 Å². The number of anilines is 1. The molecule has 2 aromatic heterocycles. The maximum absolute atomic E-state index is 13.6. The van der Waals surface area contributed by atoms with E-state index in [2.05, 4.69) is 63.9 Å². The summed E-state index contributed by atoms with van der Waals surface area (Å²) >= 11 is 1.58. The standard InChI is InChI=1S/C26H27N3OS/c1-16-9-18(3)22(19(4)10-16)13-24(30)29(15-21-7-6-8-27-14-21)26-28-23-12-17(2)11-20(5)25(23)31-26/h6-12,14H,13,15H2,1-5H3. The van der Waals surface area contributed by atoms with E-state index in [1.165, 1.54) is 16.7 Å². The molecule has 1 amide bonds. The number of carbonyl (C=O) groups excluding carboxylic acids is 1. The van der Waals surface area contributed by atoms with Gasteiger partial charge in [-0.2, -0.15) is 0 Å². The molecule has 4 aromatic rings. The van der Waals surface area contributed by atoms with Gasteiger partial charge in [-0.25, -0.2) is 4.98 Å². The summed E-state index contributed by atoms with van der Waals surface area (Å²) in [5.41, 5.74) is 8.93. The molecular weight excluding hydrogens is 402 g/mol. The highest BCUT2D eigenvalue weighted by Crippen LogP contribution is 2.33. The van der Waals surface area contributed by atoms with Gasteiger partial charge in [0.2, 0.25) is 5.91 Å². The zero-order chi connectivity index (χ0) is 22.1. The molecule has 0 bridgehead atoms. The lowest BCUT2D eigenvalue weighted by molar-refractivity contribution is -0.118. The Kier molecular flexibility index (Phi) is 5.88. The van der Waals surface area contributed by atoms with Crippen LogP contribution in [0.3, 0.4) is 0 Å². The number of benzene rings is 2. The fourth-order valence-corrected chi connectivity index (χ4v) is 5.18. The molecule has 0 saturated carbocycles. The summed E-state index contributed by atoms with van der Waals surface area (Å²) in [4.78, 5) is 24.5. The maximum Gasteiger partial charge on any atom is 0.233 e. The number of hydrogen-bond acceptors (Lipinski definition) is 4. The summed E-state index contributed by atoms with van der Waals surface area (Å²) in [7, 11) is 0. The van der Waals surface area contributed by atoms with Gasteiger partial charge in [0.1, 0.15) is 0 Å². The number of nitrogens with zero attached hydrogens (tertiary/aromatic N) is 3. The predicted molar refractivity (Wildman–Crippen MR) is 129 cm³/mol. The van der Waals surface area contributed by atoms with E-state index in [0.29, 0.717) is 13.0 Å². The van der Waals surface area contributed by atoms with E-state index in [-0.39, 0.29) is 5.91 Å². The minimum absolute atomic E-state index is 0.0485. The van der Waals surface area contributed by atoms with Crippen LogP contribution in [-0.4, -0.2) is 15.9 Å². The van der Waals surface area contributed by atoms with E-state index in [4.69, 9.17) is 4.98 Å². The second-order valence-electron chi connectivity index (χ2n) is 8.32. The van der Waals surface area contributed by atoms with Crippen LogP contribution < -0.4 is 4.90 Å². The van der Waals surface area contributed by atoms with Gasteiger partial charge >= 0.3 is 0 Å². The Balaban J connectivity index is 1.74. The summed E-state index contributed by atoms with van der Waals surface area (Å²) in [6.07, 6.45) is 3.91. The lowest BCUT2D eigenvalue weighted by Crippen LogP contribution is -2.32. The molecule has 31 heavy (non-hydrogen) atoms. The first-order valence-electron chi connectivity index (χ1n) is 10.5. The highest BCUT2D eigenvalue weighted by Gasteiger charge is 2.22. The van der Waals surface area contributed by atoms with E-state index in [1.807, 2.05) is 23.2 Å². The van der Waals surface area contributed by atoms with Crippen molar-refractivity contribution in [1.29, 1.82) is 0 Å². The van der Waals surface area contributed by atoms with Crippen molar-refractivity contribution in [2.75, 3.05) is 4.90 Å². The van der Waals surface area contributed by atoms with Crippen LogP contribution in [0.25, 0.3) is 10.2 Å². The molecule has 2 heterocycles. The topological polar surface area (TPSA) is 46.1 Å².